The van der Waals surface area contributed by atoms with Gasteiger partial charge in [0.15, 0.2) is 0 Å². The second-order valence-corrected chi connectivity index (χ2v) is 4.39. The summed E-state index contributed by atoms with van der Waals surface area (Å²) in [5.74, 6) is -0.336. The van der Waals surface area contributed by atoms with Crippen LogP contribution in [0.2, 0.25) is 5.02 Å². The Kier molecular flexibility index (Phi) is 4.00. The van der Waals surface area contributed by atoms with E-state index in [0.717, 1.165) is 11.1 Å². The minimum atomic E-state index is -0.336. The summed E-state index contributed by atoms with van der Waals surface area (Å²) in [5.41, 5.74) is 2.57. The Labute approximate surface area is 111 Å². The van der Waals surface area contributed by atoms with Gasteiger partial charge in [-0.25, -0.2) is 4.79 Å². The van der Waals surface area contributed by atoms with Crippen LogP contribution in [0.1, 0.15) is 21.5 Å². The standard InChI is InChI=1S/C15H13ClO2/c1-18-15(17)14-8-7-13(16)10-12(14)9-11-5-3-2-4-6-11/h2-8,10H,9H2,1H3. The number of benzene rings is 2. The Balaban J connectivity index is 2.36. The lowest BCUT2D eigenvalue weighted by molar-refractivity contribution is 0.0599. The zero-order valence-electron chi connectivity index (χ0n) is 10.0. The van der Waals surface area contributed by atoms with Crippen LogP contribution in [0.15, 0.2) is 48.5 Å². The minimum absolute atomic E-state index is 0.336. The fourth-order valence-electron chi connectivity index (χ4n) is 1.83. The lowest BCUT2D eigenvalue weighted by Gasteiger charge is -2.08. The van der Waals surface area contributed by atoms with Crippen molar-refractivity contribution < 1.29 is 9.53 Å². The maximum absolute atomic E-state index is 11.7. The molecule has 0 bridgehead atoms. The molecule has 0 aliphatic carbocycles. The Morgan fingerprint density at radius 3 is 2.56 bits per heavy atom. The van der Waals surface area contributed by atoms with E-state index in [2.05, 4.69) is 0 Å². The molecule has 0 amide bonds. The molecule has 18 heavy (non-hydrogen) atoms. The first-order valence-electron chi connectivity index (χ1n) is 5.61. The highest BCUT2D eigenvalue weighted by Gasteiger charge is 2.12. The number of carbonyl (C=O) groups excluding carboxylic acids is 1. The zero-order valence-corrected chi connectivity index (χ0v) is 10.8. The molecule has 92 valence electrons. The molecule has 0 radical (unpaired) electrons. The number of esters is 1. The van der Waals surface area contributed by atoms with Crippen LogP contribution >= 0.6 is 11.6 Å². The highest BCUT2D eigenvalue weighted by molar-refractivity contribution is 6.30. The normalized spacial score (nSPS) is 10.1. The third-order valence-corrected chi connectivity index (χ3v) is 2.95. The second-order valence-electron chi connectivity index (χ2n) is 3.96. The van der Waals surface area contributed by atoms with Gasteiger partial charge in [-0.2, -0.15) is 0 Å². The lowest BCUT2D eigenvalue weighted by Crippen LogP contribution is -2.06. The molecular formula is C15H13ClO2. The van der Waals surface area contributed by atoms with Crippen molar-refractivity contribution >= 4 is 17.6 Å². The third-order valence-electron chi connectivity index (χ3n) is 2.71. The highest BCUT2D eigenvalue weighted by atomic mass is 35.5. The van der Waals surface area contributed by atoms with Gasteiger partial charge in [-0.05, 0) is 35.7 Å². The summed E-state index contributed by atoms with van der Waals surface area (Å²) in [6.07, 6.45) is 0.659. The van der Waals surface area contributed by atoms with Crippen LogP contribution in [0.5, 0.6) is 0 Å². The molecule has 2 aromatic rings. The molecule has 0 saturated heterocycles. The molecule has 0 heterocycles. The van der Waals surface area contributed by atoms with Crippen molar-refractivity contribution in [3.63, 3.8) is 0 Å². The zero-order chi connectivity index (χ0) is 13.0. The van der Waals surface area contributed by atoms with Crippen LogP contribution in [0.3, 0.4) is 0 Å². The number of hydrogen-bond donors (Lipinski definition) is 0. The Morgan fingerprint density at radius 1 is 1.17 bits per heavy atom. The van der Waals surface area contributed by atoms with E-state index in [1.54, 1.807) is 18.2 Å². The van der Waals surface area contributed by atoms with Crippen molar-refractivity contribution in [2.45, 2.75) is 6.42 Å². The number of carbonyl (C=O) groups is 1. The van der Waals surface area contributed by atoms with E-state index in [1.807, 2.05) is 30.3 Å². The average molecular weight is 261 g/mol. The van der Waals surface area contributed by atoms with Crippen LogP contribution < -0.4 is 0 Å². The predicted octanol–water partition coefficient (Wildman–Crippen LogP) is 3.72. The maximum atomic E-state index is 11.7. The van der Waals surface area contributed by atoms with Gasteiger partial charge in [0.1, 0.15) is 0 Å². The van der Waals surface area contributed by atoms with Gasteiger partial charge in [-0.3, -0.25) is 0 Å². The van der Waals surface area contributed by atoms with Gasteiger partial charge >= 0.3 is 5.97 Å². The first-order valence-corrected chi connectivity index (χ1v) is 5.99. The molecule has 0 spiro atoms. The van der Waals surface area contributed by atoms with Gasteiger partial charge in [0.2, 0.25) is 0 Å². The topological polar surface area (TPSA) is 26.3 Å². The molecule has 0 aliphatic rings. The van der Waals surface area contributed by atoms with Gasteiger partial charge in [-0.1, -0.05) is 41.9 Å². The van der Waals surface area contributed by atoms with Crippen molar-refractivity contribution in [2.24, 2.45) is 0 Å². The summed E-state index contributed by atoms with van der Waals surface area (Å²) >= 11 is 5.98. The van der Waals surface area contributed by atoms with E-state index in [4.69, 9.17) is 16.3 Å². The van der Waals surface area contributed by atoms with Crippen molar-refractivity contribution in [3.05, 3.63) is 70.2 Å². The third kappa shape index (κ3) is 2.90. The van der Waals surface area contributed by atoms with Gasteiger partial charge in [0, 0.05) is 5.02 Å². The van der Waals surface area contributed by atoms with Crippen molar-refractivity contribution in [2.75, 3.05) is 7.11 Å². The molecule has 0 atom stereocenters. The minimum Gasteiger partial charge on any atom is -0.465 e. The van der Waals surface area contributed by atoms with E-state index in [9.17, 15) is 4.79 Å². The quantitative estimate of drug-likeness (QED) is 0.787. The van der Waals surface area contributed by atoms with Crippen LogP contribution in [-0.2, 0) is 11.2 Å². The monoisotopic (exact) mass is 260 g/mol. The molecule has 0 aliphatic heterocycles. The molecule has 0 aromatic heterocycles. The number of halogens is 1. The number of hydrogen-bond acceptors (Lipinski definition) is 2. The van der Waals surface area contributed by atoms with E-state index in [0.29, 0.717) is 17.0 Å². The van der Waals surface area contributed by atoms with Gasteiger partial charge < -0.3 is 4.74 Å². The number of ether oxygens (including phenoxy) is 1. The molecule has 0 unspecified atom stereocenters. The molecule has 0 N–H and O–H groups in total. The Morgan fingerprint density at radius 2 is 1.89 bits per heavy atom. The molecular weight excluding hydrogens is 248 g/mol. The summed E-state index contributed by atoms with van der Waals surface area (Å²) in [6.45, 7) is 0. The van der Waals surface area contributed by atoms with E-state index >= 15 is 0 Å². The molecule has 0 fully saturated rings. The molecule has 2 aromatic carbocycles. The van der Waals surface area contributed by atoms with Crippen molar-refractivity contribution in [1.29, 1.82) is 0 Å². The van der Waals surface area contributed by atoms with Crippen LogP contribution in [0.25, 0.3) is 0 Å². The second kappa shape index (κ2) is 5.69. The van der Waals surface area contributed by atoms with Gasteiger partial charge in [-0.15, -0.1) is 0 Å². The predicted molar refractivity (Wildman–Crippen MR) is 72.0 cm³/mol. The fraction of sp³-hybridized carbons (Fsp3) is 0.133. The van der Waals surface area contributed by atoms with Crippen molar-refractivity contribution in [3.8, 4) is 0 Å². The molecule has 3 heteroatoms. The van der Waals surface area contributed by atoms with Crippen LogP contribution in [-0.4, -0.2) is 13.1 Å². The van der Waals surface area contributed by atoms with Crippen molar-refractivity contribution in [1.82, 2.24) is 0 Å². The number of methoxy groups -OCH3 is 1. The molecule has 2 rings (SSSR count). The molecule has 0 saturated carbocycles. The summed E-state index contributed by atoms with van der Waals surface area (Å²) < 4.78 is 4.77. The first-order chi connectivity index (χ1) is 8.70. The molecule has 2 nitrogen and oxygen atoms in total. The number of rotatable bonds is 3. The van der Waals surface area contributed by atoms with Crippen LogP contribution in [0.4, 0.5) is 0 Å². The smallest absolute Gasteiger partial charge is 0.338 e. The summed E-state index contributed by atoms with van der Waals surface area (Å²) in [7, 11) is 1.38. The highest BCUT2D eigenvalue weighted by Crippen LogP contribution is 2.20. The van der Waals surface area contributed by atoms with Crippen LogP contribution in [0, 0.1) is 0 Å². The first kappa shape index (κ1) is 12.7. The SMILES string of the molecule is COC(=O)c1ccc(Cl)cc1Cc1ccccc1. The average Bonchev–Trinajstić information content (AvgIpc) is 2.39. The lowest BCUT2D eigenvalue weighted by atomic mass is 10.00. The fourth-order valence-corrected chi connectivity index (χ4v) is 2.03. The summed E-state index contributed by atoms with van der Waals surface area (Å²) in [4.78, 5) is 11.7. The van der Waals surface area contributed by atoms with E-state index < -0.39 is 0 Å². The summed E-state index contributed by atoms with van der Waals surface area (Å²) in [5, 5.41) is 0.619. The van der Waals surface area contributed by atoms with Gasteiger partial charge in [0.25, 0.3) is 0 Å². The van der Waals surface area contributed by atoms with E-state index in [-0.39, 0.29) is 5.97 Å². The maximum Gasteiger partial charge on any atom is 0.338 e. The largest absolute Gasteiger partial charge is 0.465 e. The van der Waals surface area contributed by atoms with Gasteiger partial charge in [0.05, 0.1) is 12.7 Å². The Hall–Kier alpha value is -1.80. The van der Waals surface area contributed by atoms with E-state index in [1.165, 1.54) is 7.11 Å². The Bertz CT molecular complexity index is 550. The summed E-state index contributed by atoms with van der Waals surface area (Å²) in [6, 6.07) is 15.1.